The summed E-state index contributed by atoms with van der Waals surface area (Å²) in [7, 11) is 4.11. The largest absolute Gasteiger partial charge is 0.378 e. The van der Waals surface area contributed by atoms with E-state index in [0.717, 1.165) is 25.7 Å². The number of carbonyl (C=O) groups is 1. The van der Waals surface area contributed by atoms with Crippen LogP contribution in [0.15, 0.2) is 29.8 Å². The lowest BCUT2D eigenvalue weighted by Gasteiger charge is -2.22. The molecule has 0 N–H and O–H groups in total. The normalized spacial score (nSPS) is 18.8. The smallest absolute Gasteiger partial charge is 0.135 e. The Morgan fingerprint density at radius 3 is 2.30 bits per heavy atom. The van der Waals surface area contributed by atoms with E-state index in [9.17, 15) is 4.79 Å². The Hall–Kier alpha value is -1.57. The van der Waals surface area contributed by atoms with E-state index in [1.807, 2.05) is 6.92 Å². The van der Waals surface area contributed by atoms with Crippen molar-refractivity contribution in [1.29, 1.82) is 0 Å². The van der Waals surface area contributed by atoms with E-state index in [1.54, 1.807) is 0 Å². The van der Waals surface area contributed by atoms with Crippen molar-refractivity contribution in [1.82, 2.24) is 0 Å². The third-order valence-corrected chi connectivity index (χ3v) is 4.21. The Bertz CT molecular complexity index is 475. The highest BCUT2D eigenvalue weighted by Crippen LogP contribution is 2.30. The maximum atomic E-state index is 11.7. The van der Waals surface area contributed by atoms with Gasteiger partial charge in [-0.2, -0.15) is 0 Å². The molecule has 0 saturated heterocycles. The number of rotatable bonds is 4. The van der Waals surface area contributed by atoms with Gasteiger partial charge < -0.3 is 4.90 Å². The van der Waals surface area contributed by atoms with Gasteiger partial charge in [-0.05, 0) is 43.4 Å². The van der Waals surface area contributed by atoms with Crippen molar-refractivity contribution < 1.29 is 4.79 Å². The van der Waals surface area contributed by atoms with Crippen LogP contribution in [-0.2, 0) is 4.79 Å². The van der Waals surface area contributed by atoms with Crippen LogP contribution in [0.5, 0.6) is 0 Å². The first kappa shape index (κ1) is 14.8. The number of ketones is 1. The first-order valence-corrected chi connectivity index (χ1v) is 7.59. The highest BCUT2D eigenvalue weighted by Gasteiger charge is 2.21. The van der Waals surface area contributed by atoms with E-state index >= 15 is 0 Å². The van der Waals surface area contributed by atoms with Crippen molar-refractivity contribution in [2.24, 2.45) is 5.92 Å². The Morgan fingerprint density at radius 1 is 1.20 bits per heavy atom. The summed E-state index contributed by atoms with van der Waals surface area (Å²) in [6.07, 6.45) is 7.21. The predicted molar refractivity (Wildman–Crippen MR) is 86.0 cm³/mol. The van der Waals surface area contributed by atoms with Crippen LogP contribution in [0.3, 0.4) is 0 Å². The highest BCUT2D eigenvalue weighted by molar-refractivity contribution is 5.81. The molecule has 20 heavy (non-hydrogen) atoms. The molecule has 2 heteroatoms. The average molecular weight is 271 g/mol. The zero-order valence-electron chi connectivity index (χ0n) is 12.9. The van der Waals surface area contributed by atoms with E-state index in [2.05, 4.69) is 49.3 Å². The molecule has 108 valence electrons. The maximum Gasteiger partial charge on any atom is 0.135 e. The second-order valence-electron chi connectivity index (χ2n) is 5.88. The minimum Gasteiger partial charge on any atom is -0.378 e. The molecule has 2 nitrogen and oxygen atoms in total. The van der Waals surface area contributed by atoms with Gasteiger partial charge in [-0.25, -0.2) is 0 Å². The number of nitrogens with zero attached hydrogens (tertiary/aromatic N) is 1. The van der Waals surface area contributed by atoms with Crippen molar-refractivity contribution in [3.8, 4) is 0 Å². The fourth-order valence-electron chi connectivity index (χ4n) is 2.85. The van der Waals surface area contributed by atoms with Gasteiger partial charge in [0.1, 0.15) is 5.78 Å². The summed E-state index contributed by atoms with van der Waals surface area (Å²) in [5, 5.41) is 0. The van der Waals surface area contributed by atoms with Crippen LogP contribution in [0.25, 0.3) is 6.08 Å². The molecule has 0 unspecified atom stereocenters. The van der Waals surface area contributed by atoms with Crippen LogP contribution in [-0.4, -0.2) is 19.9 Å². The molecule has 0 heterocycles. The molecular weight excluding hydrogens is 246 g/mol. The third-order valence-electron chi connectivity index (χ3n) is 4.21. The standard InChI is InChI=1S/C18H25NO/c1-4-18(20)16-9-5-14(6-10-16)13-15-7-11-17(12-8-15)19(2)3/h7-8,11-13,16H,4-6,9-10H2,1-3H3. The molecule has 2 rings (SSSR count). The number of carbonyl (C=O) groups excluding carboxylic acids is 1. The lowest BCUT2D eigenvalue weighted by atomic mass is 9.82. The van der Waals surface area contributed by atoms with Crippen LogP contribution < -0.4 is 4.90 Å². The molecule has 1 aromatic carbocycles. The van der Waals surface area contributed by atoms with Gasteiger partial charge in [0.15, 0.2) is 0 Å². The van der Waals surface area contributed by atoms with Crippen LogP contribution in [0.2, 0.25) is 0 Å². The van der Waals surface area contributed by atoms with Gasteiger partial charge in [0.2, 0.25) is 0 Å². The molecule has 0 amide bonds. The predicted octanol–water partition coefficient (Wildman–Crippen LogP) is 4.31. The molecule has 0 bridgehead atoms. The number of allylic oxidation sites excluding steroid dienone is 1. The van der Waals surface area contributed by atoms with Crippen LogP contribution >= 0.6 is 0 Å². The van der Waals surface area contributed by atoms with Crippen LogP contribution in [0, 0.1) is 5.92 Å². The zero-order chi connectivity index (χ0) is 14.5. The molecule has 0 radical (unpaired) electrons. The summed E-state index contributed by atoms with van der Waals surface area (Å²) >= 11 is 0. The van der Waals surface area contributed by atoms with Gasteiger partial charge in [0, 0.05) is 32.1 Å². The molecule has 0 aromatic heterocycles. The number of hydrogen-bond donors (Lipinski definition) is 0. The van der Waals surface area contributed by atoms with Gasteiger partial charge in [-0.15, -0.1) is 0 Å². The topological polar surface area (TPSA) is 20.3 Å². The van der Waals surface area contributed by atoms with Crippen molar-refractivity contribution in [3.63, 3.8) is 0 Å². The molecule has 0 spiro atoms. The summed E-state index contributed by atoms with van der Waals surface area (Å²) in [5.74, 6) is 0.757. The summed E-state index contributed by atoms with van der Waals surface area (Å²) < 4.78 is 0. The Balaban J connectivity index is 1.97. The summed E-state index contributed by atoms with van der Waals surface area (Å²) in [4.78, 5) is 13.8. The van der Waals surface area contributed by atoms with Crippen molar-refractivity contribution in [2.45, 2.75) is 39.0 Å². The molecule has 1 fully saturated rings. The van der Waals surface area contributed by atoms with Crippen LogP contribution in [0.1, 0.15) is 44.6 Å². The quantitative estimate of drug-likeness (QED) is 0.813. The Morgan fingerprint density at radius 2 is 1.80 bits per heavy atom. The minimum atomic E-state index is 0.313. The van der Waals surface area contributed by atoms with Gasteiger partial charge in [0.25, 0.3) is 0 Å². The first-order valence-electron chi connectivity index (χ1n) is 7.59. The zero-order valence-corrected chi connectivity index (χ0v) is 12.9. The van der Waals surface area contributed by atoms with Crippen molar-refractivity contribution in [3.05, 3.63) is 35.4 Å². The van der Waals surface area contributed by atoms with Crippen molar-refractivity contribution in [2.75, 3.05) is 19.0 Å². The van der Waals surface area contributed by atoms with Crippen LogP contribution in [0.4, 0.5) is 5.69 Å². The minimum absolute atomic E-state index is 0.313. The van der Waals surface area contributed by atoms with E-state index in [0.29, 0.717) is 18.1 Å². The third kappa shape index (κ3) is 3.72. The number of benzene rings is 1. The summed E-state index contributed by atoms with van der Waals surface area (Å²) in [6, 6.07) is 8.65. The lowest BCUT2D eigenvalue weighted by Crippen LogP contribution is -2.17. The molecule has 1 saturated carbocycles. The van der Waals surface area contributed by atoms with E-state index in [-0.39, 0.29) is 0 Å². The second-order valence-corrected chi connectivity index (χ2v) is 5.88. The number of hydrogen-bond acceptors (Lipinski definition) is 2. The molecule has 1 aliphatic carbocycles. The van der Waals surface area contributed by atoms with Gasteiger partial charge in [-0.3, -0.25) is 4.79 Å². The number of Topliss-reactive ketones (excluding diaryl/α,β-unsaturated/α-hetero) is 1. The van der Waals surface area contributed by atoms with E-state index < -0.39 is 0 Å². The fourth-order valence-corrected chi connectivity index (χ4v) is 2.85. The average Bonchev–Trinajstić information content (AvgIpc) is 2.48. The molecule has 0 aliphatic heterocycles. The molecule has 0 atom stereocenters. The second kappa shape index (κ2) is 6.74. The number of anilines is 1. The Kier molecular flexibility index (Phi) is 4.99. The summed E-state index contributed by atoms with van der Waals surface area (Å²) in [6.45, 7) is 1.97. The molecule has 1 aliphatic rings. The molecular formula is C18H25NO. The van der Waals surface area contributed by atoms with Crippen molar-refractivity contribution >= 4 is 17.5 Å². The first-order chi connectivity index (χ1) is 9.60. The maximum absolute atomic E-state index is 11.7. The van der Waals surface area contributed by atoms with Gasteiger partial charge in [0.05, 0.1) is 0 Å². The monoisotopic (exact) mass is 271 g/mol. The highest BCUT2D eigenvalue weighted by atomic mass is 16.1. The fraction of sp³-hybridized carbons (Fsp3) is 0.500. The Labute approximate surface area is 122 Å². The van der Waals surface area contributed by atoms with E-state index in [1.165, 1.54) is 16.8 Å². The van der Waals surface area contributed by atoms with Gasteiger partial charge in [-0.1, -0.05) is 30.7 Å². The van der Waals surface area contributed by atoms with E-state index in [4.69, 9.17) is 0 Å². The summed E-state index contributed by atoms with van der Waals surface area (Å²) in [5.41, 5.74) is 3.98. The lowest BCUT2D eigenvalue weighted by molar-refractivity contribution is -0.123. The molecule has 1 aromatic rings. The van der Waals surface area contributed by atoms with Gasteiger partial charge >= 0.3 is 0 Å². The SMILES string of the molecule is CCC(=O)C1CCC(=Cc2ccc(N(C)C)cc2)CC1.